The molecule has 0 amide bonds. The molecule has 0 N–H and O–H groups in total. The molecule has 1 aromatic heterocycles. The molecule has 0 saturated carbocycles. The quantitative estimate of drug-likeness (QED) is 0.114. The topological polar surface area (TPSA) is 6.48 Å². The number of benzene rings is 14. The second-order valence-electron chi connectivity index (χ2n) is 21.7. The highest BCUT2D eigenvalue weighted by Gasteiger charge is 2.18. The van der Waals surface area contributed by atoms with Crippen molar-refractivity contribution in [2.45, 2.75) is 0 Å². The van der Waals surface area contributed by atoms with Crippen molar-refractivity contribution in [3.8, 4) is 77.9 Å². The first kappa shape index (κ1) is 53.9. The molecule has 0 bridgehead atoms. The van der Waals surface area contributed by atoms with Crippen LogP contribution in [0.4, 0.5) is 34.1 Å². The Morgan fingerprint density at radius 3 is 0.713 bits per heavy atom. The van der Waals surface area contributed by atoms with E-state index in [0.717, 1.165) is 34.1 Å². The summed E-state index contributed by atoms with van der Waals surface area (Å²) in [5, 5.41) is 2.61. The summed E-state index contributed by atoms with van der Waals surface area (Å²) in [7, 11) is 0. The Morgan fingerprint density at radius 1 is 0.149 bits per heavy atom. The van der Waals surface area contributed by atoms with Crippen LogP contribution in [0.5, 0.6) is 0 Å². The Labute approximate surface area is 514 Å². The molecule has 0 unspecified atom stereocenters. The summed E-state index contributed by atoms with van der Waals surface area (Å²) in [6.07, 6.45) is 0. The van der Waals surface area contributed by atoms with E-state index in [9.17, 15) is 0 Å². The second-order valence-corrected chi connectivity index (χ2v) is 22.8. The molecule has 412 valence electrons. The van der Waals surface area contributed by atoms with Gasteiger partial charge in [-0.1, -0.05) is 267 Å². The average molecular weight is 1130 g/mol. The Balaban J connectivity index is 0.000000158. The van der Waals surface area contributed by atoms with E-state index in [2.05, 4.69) is 374 Å². The van der Waals surface area contributed by atoms with Gasteiger partial charge in [-0.3, -0.25) is 0 Å². The van der Waals surface area contributed by atoms with Gasteiger partial charge in [0.15, 0.2) is 0 Å². The molecule has 0 fully saturated rings. The van der Waals surface area contributed by atoms with Gasteiger partial charge in [0.25, 0.3) is 0 Å². The van der Waals surface area contributed by atoms with Crippen LogP contribution in [0.25, 0.3) is 98.1 Å². The lowest BCUT2D eigenvalue weighted by Crippen LogP contribution is -2.09. The molecular weight excluding hydrogens is 1070 g/mol. The van der Waals surface area contributed by atoms with Gasteiger partial charge in [0.2, 0.25) is 0 Å². The highest BCUT2D eigenvalue weighted by Crippen LogP contribution is 2.43. The van der Waals surface area contributed by atoms with Crippen molar-refractivity contribution in [2.75, 3.05) is 9.80 Å². The predicted molar refractivity (Wildman–Crippen MR) is 373 cm³/mol. The standard InChI is InChI=1S/C48H35N.C36H25NS/c1-4-12-36(13-5-1)39-22-28-46(29-23-39)49(47-30-24-40(25-31-47)44-20-10-18-42(34-44)37-14-6-2-7-15-37)48-32-26-41(27-33-48)45-21-11-19-43(35-45)38-16-8-3-9-17-38;1-3-9-26(10-4-1)28-15-19-30(20-16-28)37(31-21-17-29(18-22-31)27-11-5-2-6-12-27)32-23-24-36-34(25-32)33-13-7-8-14-35(33)38-36/h1-35H;1-25H. The SMILES string of the molecule is c1ccc(-c2ccc(N(c3ccc(-c4cccc(-c5ccccc5)c4)cc3)c3ccc(-c4cccc(-c5ccccc5)c4)cc3)cc2)cc1.c1ccc(-c2ccc(N(c3ccc(-c4ccccc4)cc3)c3ccc4sc5ccccc5c4c3)cc2)cc1. The molecular formula is C84H60N2S. The Kier molecular flexibility index (Phi) is 15.5. The smallest absolute Gasteiger partial charge is 0.0468 e. The van der Waals surface area contributed by atoms with Crippen LogP contribution in [-0.4, -0.2) is 0 Å². The van der Waals surface area contributed by atoms with E-state index in [0.29, 0.717) is 0 Å². The van der Waals surface area contributed by atoms with Crippen molar-refractivity contribution < 1.29 is 0 Å². The molecule has 0 atom stereocenters. The van der Waals surface area contributed by atoms with Crippen molar-refractivity contribution >= 4 is 65.6 Å². The summed E-state index contributed by atoms with van der Waals surface area (Å²) in [6.45, 7) is 0. The molecule has 1 heterocycles. The molecule has 0 aliphatic rings. The molecule has 0 spiro atoms. The average Bonchev–Trinajstić information content (AvgIpc) is 2.90. The van der Waals surface area contributed by atoms with Gasteiger partial charge >= 0.3 is 0 Å². The highest BCUT2D eigenvalue weighted by atomic mass is 32.1. The van der Waals surface area contributed by atoms with Crippen LogP contribution in [0.1, 0.15) is 0 Å². The first-order valence-corrected chi connectivity index (χ1v) is 30.4. The van der Waals surface area contributed by atoms with Crippen LogP contribution in [0.15, 0.2) is 364 Å². The first-order chi connectivity index (χ1) is 43.1. The fraction of sp³-hybridized carbons (Fsp3) is 0. The maximum absolute atomic E-state index is 2.36. The van der Waals surface area contributed by atoms with Crippen molar-refractivity contribution in [2.24, 2.45) is 0 Å². The van der Waals surface area contributed by atoms with Crippen molar-refractivity contribution in [3.05, 3.63) is 364 Å². The van der Waals surface area contributed by atoms with Gasteiger partial charge in [0.05, 0.1) is 0 Å². The zero-order valence-corrected chi connectivity index (χ0v) is 48.8. The second kappa shape index (κ2) is 25.0. The van der Waals surface area contributed by atoms with Crippen LogP contribution in [-0.2, 0) is 0 Å². The fourth-order valence-corrected chi connectivity index (χ4v) is 12.8. The lowest BCUT2D eigenvalue weighted by molar-refractivity contribution is 1.28. The number of hydrogen-bond donors (Lipinski definition) is 0. The molecule has 0 saturated heterocycles. The van der Waals surface area contributed by atoms with E-state index in [1.807, 2.05) is 11.3 Å². The third kappa shape index (κ3) is 11.9. The first-order valence-electron chi connectivity index (χ1n) is 29.6. The summed E-state index contributed by atoms with van der Waals surface area (Å²) in [5.74, 6) is 0. The third-order valence-corrected chi connectivity index (χ3v) is 17.3. The normalized spacial score (nSPS) is 11.0. The Bertz CT molecular complexity index is 4510. The fourth-order valence-electron chi connectivity index (χ4n) is 11.7. The summed E-state index contributed by atoms with van der Waals surface area (Å²) in [4.78, 5) is 4.69. The number of anilines is 6. The lowest BCUT2D eigenvalue weighted by atomic mass is 9.98. The monoisotopic (exact) mass is 1130 g/mol. The van der Waals surface area contributed by atoms with E-state index < -0.39 is 0 Å². The summed E-state index contributed by atoms with van der Waals surface area (Å²) >= 11 is 1.85. The van der Waals surface area contributed by atoms with Crippen molar-refractivity contribution in [3.63, 3.8) is 0 Å². The molecule has 15 rings (SSSR count). The minimum Gasteiger partial charge on any atom is -0.311 e. The predicted octanol–water partition coefficient (Wildman–Crippen LogP) is 24.3. The van der Waals surface area contributed by atoms with Gasteiger partial charge in [-0.05, 0) is 175 Å². The van der Waals surface area contributed by atoms with Gasteiger partial charge in [-0.2, -0.15) is 0 Å². The van der Waals surface area contributed by atoms with E-state index in [1.165, 1.54) is 98.1 Å². The summed E-state index contributed by atoms with van der Waals surface area (Å²) < 4.78 is 2.64. The van der Waals surface area contributed by atoms with Gasteiger partial charge in [0.1, 0.15) is 0 Å². The maximum Gasteiger partial charge on any atom is 0.0468 e. The molecule has 0 radical (unpaired) electrons. The number of hydrogen-bond acceptors (Lipinski definition) is 3. The number of nitrogens with zero attached hydrogens (tertiary/aromatic N) is 2. The minimum absolute atomic E-state index is 1.11. The Hall–Kier alpha value is -11.1. The van der Waals surface area contributed by atoms with Gasteiger partial charge < -0.3 is 9.80 Å². The molecule has 14 aromatic carbocycles. The molecule has 15 aromatic rings. The van der Waals surface area contributed by atoms with Crippen molar-refractivity contribution in [1.29, 1.82) is 0 Å². The van der Waals surface area contributed by atoms with Gasteiger partial charge in [0, 0.05) is 54.3 Å². The van der Waals surface area contributed by atoms with E-state index in [1.54, 1.807) is 0 Å². The Morgan fingerprint density at radius 2 is 0.379 bits per heavy atom. The van der Waals surface area contributed by atoms with E-state index in [4.69, 9.17) is 0 Å². The maximum atomic E-state index is 2.36. The minimum atomic E-state index is 1.11. The van der Waals surface area contributed by atoms with Crippen LogP contribution in [0.3, 0.4) is 0 Å². The zero-order chi connectivity index (χ0) is 58.1. The molecule has 2 nitrogen and oxygen atoms in total. The number of thiophene rings is 1. The molecule has 87 heavy (non-hydrogen) atoms. The van der Waals surface area contributed by atoms with Gasteiger partial charge in [-0.25, -0.2) is 0 Å². The number of fused-ring (bicyclic) bond motifs is 3. The van der Waals surface area contributed by atoms with Crippen molar-refractivity contribution in [1.82, 2.24) is 0 Å². The van der Waals surface area contributed by atoms with Crippen LogP contribution < -0.4 is 9.80 Å². The van der Waals surface area contributed by atoms with Gasteiger partial charge in [-0.15, -0.1) is 11.3 Å². The van der Waals surface area contributed by atoms with E-state index in [-0.39, 0.29) is 0 Å². The van der Waals surface area contributed by atoms with Crippen LogP contribution in [0.2, 0.25) is 0 Å². The summed E-state index contributed by atoms with van der Waals surface area (Å²) in [5.41, 5.74) is 23.7. The molecule has 0 aliphatic carbocycles. The van der Waals surface area contributed by atoms with Crippen LogP contribution in [0, 0.1) is 0 Å². The highest BCUT2D eigenvalue weighted by molar-refractivity contribution is 7.25. The summed E-state index contributed by atoms with van der Waals surface area (Å²) in [6, 6.07) is 130. The molecule has 3 heteroatoms. The number of rotatable bonds is 13. The molecule has 0 aliphatic heterocycles. The largest absolute Gasteiger partial charge is 0.311 e. The third-order valence-electron chi connectivity index (χ3n) is 16.2. The van der Waals surface area contributed by atoms with E-state index >= 15 is 0 Å². The zero-order valence-electron chi connectivity index (χ0n) is 47.9. The van der Waals surface area contributed by atoms with Crippen LogP contribution >= 0.6 is 11.3 Å². The lowest BCUT2D eigenvalue weighted by Gasteiger charge is -2.26.